The van der Waals surface area contributed by atoms with Gasteiger partial charge in [0.1, 0.15) is 0 Å². The molecule has 0 saturated heterocycles. The summed E-state index contributed by atoms with van der Waals surface area (Å²) in [5.74, 6) is 1.86. The van der Waals surface area contributed by atoms with Crippen LogP contribution in [0.1, 0.15) is 29.8 Å². The Hall–Kier alpha value is -3.42. The van der Waals surface area contributed by atoms with Gasteiger partial charge in [-0.05, 0) is 38.1 Å². The monoisotopic (exact) mass is 402 g/mol. The fraction of sp³-hybridized carbons (Fsp3) is 0.333. The van der Waals surface area contributed by atoms with Crippen molar-refractivity contribution in [3.63, 3.8) is 0 Å². The molecule has 0 aliphatic carbocycles. The fourth-order valence-electron chi connectivity index (χ4n) is 2.59. The molecular formula is C21H26N2O6. The molecule has 0 aliphatic rings. The maximum atomic E-state index is 12.5. The Morgan fingerprint density at radius 2 is 1.55 bits per heavy atom. The van der Waals surface area contributed by atoms with Crippen molar-refractivity contribution in [2.45, 2.75) is 20.0 Å². The summed E-state index contributed by atoms with van der Waals surface area (Å²) in [5, 5.41) is 4.04. The summed E-state index contributed by atoms with van der Waals surface area (Å²) in [7, 11) is 6.03. The van der Waals surface area contributed by atoms with E-state index in [2.05, 4.69) is 10.5 Å². The molecule has 2 aromatic carbocycles. The molecule has 0 unspecified atom stereocenters. The minimum Gasteiger partial charge on any atom is -0.493 e. The van der Waals surface area contributed by atoms with Gasteiger partial charge in [0.25, 0.3) is 5.91 Å². The molecule has 0 fully saturated rings. The number of benzene rings is 2. The van der Waals surface area contributed by atoms with Crippen molar-refractivity contribution in [1.29, 1.82) is 0 Å². The molecule has 0 atom stereocenters. The van der Waals surface area contributed by atoms with Gasteiger partial charge in [0.2, 0.25) is 5.75 Å². The summed E-state index contributed by atoms with van der Waals surface area (Å²) in [6.45, 7) is 3.83. The SMILES string of the molecule is COc1cccc(/C=N\NC(=O)c2cc(OC)c(OC)c(OC)c2)c1OC(C)C. The van der Waals surface area contributed by atoms with E-state index in [1.54, 1.807) is 25.3 Å². The number of amides is 1. The molecule has 0 heterocycles. The zero-order valence-electron chi connectivity index (χ0n) is 17.4. The van der Waals surface area contributed by atoms with Crippen LogP contribution in [-0.4, -0.2) is 46.7 Å². The first-order valence-corrected chi connectivity index (χ1v) is 8.92. The average molecular weight is 402 g/mol. The van der Waals surface area contributed by atoms with Crippen molar-refractivity contribution < 1.29 is 28.5 Å². The second kappa shape index (κ2) is 10.2. The third-order valence-electron chi connectivity index (χ3n) is 3.88. The summed E-state index contributed by atoms with van der Waals surface area (Å²) < 4.78 is 27.0. The number of para-hydroxylation sites is 1. The minimum atomic E-state index is -0.435. The number of hydrogen-bond donors (Lipinski definition) is 1. The first-order valence-electron chi connectivity index (χ1n) is 8.92. The minimum absolute atomic E-state index is 0.0488. The predicted octanol–water partition coefficient (Wildman–Crippen LogP) is 3.27. The molecule has 2 rings (SSSR count). The highest BCUT2D eigenvalue weighted by atomic mass is 16.5. The number of nitrogens with zero attached hydrogens (tertiary/aromatic N) is 1. The van der Waals surface area contributed by atoms with Crippen LogP contribution >= 0.6 is 0 Å². The summed E-state index contributed by atoms with van der Waals surface area (Å²) in [6, 6.07) is 8.52. The van der Waals surface area contributed by atoms with E-state index in [4.69, 9.17) is 23.7 Å². The number of hydrogen-bond acceptors (Lipinski definition) is 7. The van der Waals surface area contributed by atoms with E-state index in [1.807, 2.05) is 26.0 Å². The van der Waals surface area contributed by atoms with E-state index in [0.29, 0.717) is 39.9 Å². The van der Waals surface area contributed by atoms with E-state index in [1.165, 1.54) is 27.5 Å². The number of rotatable bonds is 9. The highest BCUT2D eigenvalue weighted by Gasteiger charge is 2.17. The Labute approximate surface area is 170 Å². The van der Waals surface area contributed by atoms with Crippen LogP contribution < -0.4 is 29.1 Å². The first kappa shape index (κ1) is 21.9. The van der Waals surface area contributed by atoms with Crippen molar-refractivity contribution >= 4 is 12.1 Å². The van der Waals surface area contributed by atoms with Crippen LogP contribution in [0, 0.1) is 0 Å². The number of methoxy groups -OCH3 is 4. The van der Waals surface area contributed by atoms with E-state index in [0.717, 1.165) is 0 Å². The lowest BCUT2D eigenvalue weighted by Gasteiger charge is -2.15. The quantitative estimate of drug-likeness (QED) is 0.512. The zero-order chi connectivity index (χ0) is 21.4. The van der Waals surface area contributed by atoms with Gasteiger partial charge in [-0.2, -0.15) is 5.10 Å². The van der Waals surface area contributed by atoms with Crippen LogP contribution in [0.3, 0.4) is 0 Å². The van der Waals surface area contributed by atoms with E-state index >= 15 is 0 Å². The number of ether oxygens (including phenoxy) is 5. The lowest BCUT2D eigenvalue weighted by molar-refractivity contribution is 0.0954. The Balaban J connectivity index is 2.24. The molecule has 0 radical (unpaired) electrons. The van der Waals surface area contributed by atoms with Crippen LogP contribution in [0.2, 0.25) is 0 Å². The molecule has 156 valence electrons. The summed E-state index contributed by atoms with van der Waals surface area (Å²) in [4.78, 5) is 12.5. The molecule has 2 aromatic rings. The van der Waals surface area contributed by atoms with Crippen LogP contribution in [0.5, 0.6) is 28.7 Å². The smallest absolute Gasteiger partial charge is 0.271 e. The van der Waals surface area contributed by atoms with Crippen molar-refractivity contribution in [3.8, 4) is 28.7 Å². The van der Waals surface area contributed by atoms with Gasteiger partial charge in [-0.3, -0.25) is 4.79 Å². The number of carbonyl (C=O) groups excluding carboxylic acids is 1. The molecule has 0 aromatic heterocycles. The fourth-order valence-corrected chi connectivity index (χ4v) is 2.59. The lowest BCUT2D eigenvalue weighted by atomic mass is 10.1. The van der Waals surface area contributed by atoms with Crippen LogP contribution in [-0.2, 0) is 0 Å². The number of nitrogens with one attached hydrogen (secondary N) is 1. The molecule has 1 N–H and O–H groups in total. The van der Waals surface area contributed by atoms with Crippen molar-refractivity contribution in [2.24, 2.45) is 5.10 Å². The van der Waals surface area contributed by atoms with Gasteiger partial charge in [-0.25, -0.2) is 5.43 Å². The van der Waals surface area contributed by atoms with Gasteiger partial charge in [0.05, 0.1) is 40.8 Å². The predicted molar refractivity (Wildman–Crippen MR) is 110 cm³/mol. The van der Waals surface area contributed by atoms with Gasteiger partial charge < -0.3 is 23.7 Å². The van der Waals surface area contributed by atoms with Crippen LogP contribution in [0.15, 0.2) is 35.4 Å². The van der Waals surface area contributed by atoms with Gasteiger partial charge in [0.15, 0.2) is 23.0 Å². The van der Waals surface area contributed by atoms with E-state index in [-0.39, 0.29) is 6.10 Å². The maximum Gasteiger partial charge on any atom is 0.271 e. The van der Waals surface area contributed by atoms with Gasteiger partial charge >= 0.3 is 0 Å². The molecule has 8 heteroatoms. The highest BCUT2D eigenvalue weighted by Crippen LogP contribution is 2.38. The Bertz CT molecular complexity index is 854. The van der Waals surface area contributed by atoms with E-state index in [9.17, 15) is 4.79 Å². The van der Waals surface area contributed by atoms with Crippen molar-refractivity contribution in [1.82, 2.24) is 5.43 Å². The molecule has 29 heavy (non-hydrogen) atoms. The van der Waals surface area contributed by atoms with Crippen LogP contribution in [0.4, 0.5) is 0 Å². The second-order valence-electron chi connectivity index (χ2n) is 6.16. The molecule has 8 nitrogen and oxygen atoms in total. The number of carbonyl (C=O) groups is 1. The summed E-state index contributed by atoms with van der Waals surface area (Å²) in [6.07, 6.45) is 1.45. The first-order chi connectivity index (χ1) is 13.9. The second-order valence-corrected chi connectivity index (χ2v) is 6.16. The normalized spacial score (nSPS) is 10.7. The highest BCUT2D eigenvalue weighted by molar-refractivity contribution is 5.96. The van der Waals surface area contributed by atoms with Gasteiger partial charge in [-0.15, -0.1) is 0 Å². The van der Waals surface area contributed by atoms with E-state index < -0.39 is 5.91 Å². The van der Waals surface area contributed by atoms with Gasteiger partial charge in [-0.1, -0.05) is 6.07 Å². The summed E-state index contributed by atoms with van der Waals surface area (Å²) in [5.41, 5.74) is 3.46. The van der Waals surface area contributed by atoms with Crippen molar-refractivity contribution in [2.75, 3.05) is 28.4 Å². The third-order valence-corrected chi connectivity index (χ3v) is 3.88. The van der Waals surface area contributed by atoms with Crippen LogP contribution in [0.25, 0.3) is 0 Å². The molecule has 0 bridgehead atoms. The molecule has 0 spiro atoms. The summed E-state index contributed by atoms with van der Waals surface area (Å²) >= 11 is 0. The largest absolute Gasteiger partial charge is 0.493 e. The third kappa shape index (κ3) is 5.31. The van der Waals surface area contributed by atoms with Crippen molar-refractivity contribution in [3.05, 3.63) is 41.5 Å². The lowest BCUT2D eigenvalue weighted by Crippen LogP contribution is -2.18. The zero-order valence-corrected chi connectivity index (χ0v) is 17.4. The topological polar surface area (TPSA) is 87.6 Å². The number of hydrazone groups is 1. The standard InChI is InChI=1S/C21H26N2O6/c1-13(2)29-19-14(8-7-9-16(19)25-3)12-22-23-21(24)15-10-17(26-4)20(28-6)18(11-15)27-5/h7-13H,1-6H3,(H,23,24)/b22-12-. The van der Waals surface area contributed by atoms with Gasteiger partial charge in [0, 0.05) is 11.1 Å². The Morgan fingerprint density at radius 3 is 2.07 bits per heavy atom. The Morgan fingerprint density at radius 1 is 0.931 bits per heavy atom. The molecule has 0 aliphatic heterocycles. The Kier molecular flexibility index (Phi) is 7.70. The molecule has 0 saturated carbocycles. The molecular weight excluding hydrogens is 376 g/mol. The average Bonchev–Trinajstić information content (AvgIpc) is 2.72. The molecule has 1 amide bonds. The maximum absolute atomic E-state index is 12.5.